The minimum atomic E-state index is -0.0256. The molecule has 0 bridgehead atoms. The molecule has 4 nitrogen and oxygen atoms in total. The molecule has 0 aliphatic rings. The van der Waals surface area contributed by atoms with Gasteiger partial charge in [-0.3, -0.25) is 9.59 Å². The van der Waals surface area contributed by atoms with Crippen molar-refractivity contribution >= 4 is 17.5 Å². The van der Waals surface area contributed by atoms with Crippen molar-refractivity contribution in [3.63, 3.8) is 0 Å². The third-order valence-corrected chi connectivity index (χ3v) is 2.78. The predicted octanol–water partition coefficient (Wildman–Crippen LogP) is 2.69. The van der Waals surface area contributed by atoms with Gasteiger partial charge in [-0.1, -0.05) is 32.9 Å². The highest BCUT2D eigenvalue weighted by Gasteiger charge is 2.15. The molecule has 0 unspecified atom stereocenters. The molecule has 0 saturated heterocycles. The minimum Gasteiger partial charge on any atom is -0.349 e. The highest BCUT2D eigenvalue weighted by atomic mass is 16.2. The van der Waals surface area contributed by atoms with E-state index in [0.29, 0.717) is 12.8 Å². The number of carbonyl (C=O) groups is 2. The fourth-order valence-corrected chi connectivity index (χ4v) is 1.73. The molecule has 110 valence electrons. The van der Waals surface area contributed by atoms with E-state index in [1.54, 1.807) is 19.0 Å². The molecule has 1 aromatic carbocycles. The lowest BCUT2D eigenvalue weighted by Gasteiger charge is -2.17. The van der Waals surface area contributed by atoms with Crippen molar-refractivity contribution in [3.05, 3.63) is 29.8 Å². The van der Waals surface area contributed by atoms with E-state index < -0.39 is 0 Å². The third kappa shape index (κ3) is 5.87. The largest absolute Gasteiger partial charge is 0.349 e. The Balaban J connectivity index is 2.59. The molecule has 2 amide bonds. The maximum absolute atomic E-state index is 11.8. The molecule has 0 radical (unpaired) electrons. The molecule has 1 aromatic rings. The van der Waals surface area contributed by atoms with Crippen LogP contribution in [-0.2, 0) is 16.0 Å². The van der Waals surface area contributed by atoms with Gasteiger partial charge in [0.2, 0.25) is 11.8 Å². The highest BCUT2D eigenvalue weighted by molar-refractivity contribution is 5.91. The number of anilines is 1. The first-order chi connectivity index (χ1) is 9.17. The van der Waals surface area contributed by atoms with Crippen LogP contribution >= 0.6 is 0 Å². The third-order valence-electron chi connectivity index (χ3n) is 2.78. The van der Waals surface area contributed by atoms with Crippen molar-refractivity contribution in [2.24, 2.45) is 5.41 Å². The van der Waals surface area contributed by atoms with Crippen molar-refractivity contribution in [2.75, 3.05) is 19.4 Å². The minimum absolute atomic E-state index is 0.00891. The summed E-state index contributed by atoms with van der Waals surface area (Å²) in [5.41, 5.74) is 1.68. The van der Waals surface area contributed by atoms with Gasteiger partial charge in [0, 0.05) is 26.2 Å². The fourth-order valence-electron chi connectivity index (χ4n) is 1.73. The zero-order valence-corrected chi connectivity index (χ0v) is 13.0. The molecule has 0 aliphatic carbocycles. The van der Waals surface area contributed by atoms with Crippen LogP contribution in [0.2, 0.25) is 0 Å². The second-order valence-corrected chi connectivity index (χ2v) is 6.45. The second kappa shape index (κ2) is 6.55. The smallest absolute Gasteiger partial charge is 0.226 e. The molecule has 1 rings (SSSR count). The average molecular weight is 276 g/mol. The molecule has 0 heterocycles. The van der Waals surface area contributed by atoms with Crippen LogP contribution in [0.5, 0.6) is 0 Å². The number of hydrogen-bond acceptors (Lipinski definition) is 2. The molecule has 4 heteroatoms. The van der Waals surface area contributed by atoms with E-state index in [-0.39, 0.29) is 17.2 Å². The predicted molar refractivity (Wildman–Crippen MR) is 81.5 cm³/mol. The summed E-state index contributed by atoms with van der Waals surface area (Å²) in [6, 6.07) is 7.40. The van der Waals surface area contributed by atoms with Crippen molar-refractivity contribution < 1.29 is 9.59 Å². The van der Waals surface area contributed by atoms with Crippen molar-refractivity contribution in [1.82, 2.24) is 4.90 Å². The van der Waals surface area contributed by atoms with Gasteiger partial charge in [0.25, 0.3) is 0 Å². The van der Waals surface area contributed by atoms with E-state index in [9.17, 15) is 9.59 Å². The summed E-state index contributed by atoms with van der Waals surface area (Å²) in [5, 5.41) is 2.87. The van der Waals surface area contributed by atoms with Crippen LogP contribution in [0.3, 0.4) is 0 Å². The summed E-state index contributed by atoms with van der Waals surface area (Å²) in [7, 11) is 3.48. The zero-order valence-electron chi connectivity index (χ0n) is 13.0. The van der Waals surface area contributed by atoms with Gasteiger partial charge in [-0.15, -0.1) is 0 Å². The van der Waals surface area contributed by atoms with Crippen molar-refractivity contribution in [3.8, 4) is 0 Å². The summed E-state index contributed by atoms with van der Waals surface area (Å²) >= 11 is 0. The Labute approximate surface area is 121 Å². The average Bonchev–Trinajstić information content (AvgIpc) is 2.28. The van der Waals surface area contributed by atoms with E-state index in [1.807, 2.05) is 45.0 Å². The first-order valence-electron chi connectivity index (χ1n) is 6.76. The number of likely N-dealkylation sites (N-methyl/N-ethyl adjacent to an activating group) is 1. The number of carbonyl (C=O) groups excluding carboxylic acids is 2. The Morgan fingerprint density at radius 3 is 2.10 bits per heavy atom. The number of benzene rings is 1. The van der Waals surface area contributed by atoms with Crippen LogP contribution in [0.15, 0.2) is 24.3 Å². The van der Waals surface area contributed by atoms with Gasteiger partial charge in [0.15, 0.2) is 0 Å². The number of rotatable bonds is 4. The maximum Gasteiger partial charge on any atom is 0.226 e. The van der Waals surface area contributed by atoms with E-state index in [0.717, 1.165) is 11.3 Å². The standard InChI is InChI=1S/C16H24N2O2/c1-16(2,3)11-14(19)17-13-8-6-12(7-9-13)10-15(20)18(4)5/h6-9H,10-11H2,1-5H3,(H,17,19). The summed E-state index contributed by atoms with van der Waals surface area (Å²) in [6.45, 7) is 6.09. The van der Waals surface area contributed by atoms with Crippen LogP contribution in [0, 0.1) is 5.41 Å². The SMILES string of the molecule is CN(C)C(=O)Cc1ccc(NC(=O)CC(C)(C)C)cc1. The normalized spacial score (nSPS) is 11.1. The first kappa shape index (κ1) is 16.2. The van der Waals surface area contributed by atoms with Crippen LogP contribution in [0.1, 0.15) is 32.8 Å². The Hall–Kier alpha value is -1.84. The Kier molecular flexibility index (Phi) is 5.31. The fraction of sp³-hybridized carbons (Fsp3) is 0.500. The lowest BCUT2D eigenvalue weighted by atomic mass is 9.92. The van der Waals surface area contributed by atoms with Crippen LogP contribution < -0.4 is 5.32 Å². The van der Waals surface area contributed by atoms with Gasteiger partial charge in [-0.05, 0) is 23.1 Å². The summed E-state index contributed by atoms with van der Waals surface area (Å²) < 4.78 is 0. The topological polar surface area (TPSA) is 49.4 Å². The molecule has 1 N–H and O–H groups in total. The van der Waals surface area contributed by atoms with Gasteiger partial charge in [0.1, 0.15) is 0 Å². The van der Waals surface area contributed by atoms with E-state index >= 15 is 0 Å². The van der Waals surface area contributed by atoms with Crippen molar-refractivity contribution in [1.29, 1.82) is 0 Å². The van der Waals surface area contributed by atoms with E-state index in [1.165, 1.54) is 0 Å². The molecule has 20 heavy (non-hydrogen) atoms. The maximum atomic E-state index is 11.8. The van der Waals surface area contributed by atoms with Crippen molar-refractivity contribution in [2.45, 2.75) is 33.6 Å². The van der Waals surface area contributed by atoms with Gasteiger partial charge in [-0.2, -0.15) is 0 Å². The number of nitrogens with zero attached hydrogens (tertiary/aromatic N) is 1. The lowest BCUT2D eigenvalue weighted by molar-refractivity contribution is -0.128. The highest BCUT2D eigenvalue weighted by Crippen LogP contribution is 2.19. The first-order valence-corrected chi connectivity index (χ1v) is 6.76. The van der Waals surface area contributed by atoms with Gasteiger partial charge >= 0.3 is 0 Å². The summed E-state index contributed by atoms with van der Waals surface area (Å²) in [5.74, 6) is 0.0733. The van der Waals surface area contributed by atoms with Crippen LogP contribution in [0.25, 0.3) is 0 Å². The zero-order chi connectivity index (χ0) is 15.3. The molecule has 0 spiro atoms. The lowest BCUT2D eigenvalue weighted by Crippen LogP contribution is -2.23. The van der Waals surface area contributed by atoms with Gasteiger partial charge < -0.3 is 10.2 Å². The molecule has 0 atom stereocenters. The quantitative estimate of drug-likeness (QED) is 0.919. The Bertz CT molecular complexity index is 470. The van der Waals surface area contributed by atoms with E-state index in [4.69, 9.17) is 0 Å². The summed E-state index contributed by atoms with van der Waals surface area (Å²) in [4.78, 5) is 25.0. The second-order valence-electron chi connectivity index (χ2n) is 6.45. The molecule has 0 aliphatic heterocycles. The van der Waals surface area contributed by atoms with Gasteiger partial charge in [0.05, 0.1) is 6.42 Å². The van der Waals surface area contributed by atoms with Crippen LogP contribution in [0.4, 0.5) is 5.69 Å². The monoisotopic (exact) mass is 276 g/mol. The molecule has 0 aromatic heterocycles. The summed E-state index contributed by atoms with van der Waals surface area (Å²) in [6.07, 6.45) is 0.858. The number of nitrogens with one attached hydrogen (secondary N) is 1. The Morgan fingerprint density at radius 2 is 1.65 bits per heavy atom. The number of amides is 2. The number of hydrogen-bond donors (Lipinski definition) is 1. The Morgan fingerprint density at radius 1 is 1.10 bits per heavy atom. The van der Waals surface area contributed by atoms with E-state index in [2.05, 4.69) is 5.32 Å². The molecule has 0 saturated carbocycles. The molecular formula is C16H24N2O2. The van der Waals surface area contributed by atoms with Crippen LogP contribution in [-0.4, -0.2) is 30.8 Å². The molecule has 0 fully saturated rings. The van der Waals surface area contributed by atoms with Gasteiger partial charge in [-0.25, -0.2) is 0 Å². The molecular weight excluding hydrogens is 252 g/mol.